The number of rotatable bonds is 4. The number of nitrogens with zero attached hydrogens (tertiary/aromatic N) is 1. The molecule has 17 heavy (non-hydrogen) atoms. The van der Waals surface area contributed by atoms with Gasteiger partial charge in [0.05, 0.1) is 33.7 Å². The summed E-state index contributed by atoms with van der Waals surface area (Å²) < 4.78 is 17.1. The van der Waals surface area contributed by atoms with Crippen molar-refractivity contribution in [2.24, 2.45) is 0 Å². The maximum absolute atomic E-state index is 12.0. The molecular weight excluding hydrogens is 238 g/mol. The number of hydrogen-bond acceptors (Lipinski definition) is 4. The lowest BCUT2D eigenvalue weighted by atomic mass is 10.3. The van der Waals surface area contributed by atoms with Gasteiger partial charge in [-0.05, 0) is 25.1 Å². The van der Waals surface area contributed by atoms with Gasteiger partial charge in [-0.15, -0.1) is 0 Å². The second-order valence-corrected chi connectivity index (χ2v) is 5.29. The summed E-state index contributed by atoms with van der Waals surface area (Å²) in [4.78, 5) is 7.29. The zero-order valence-electron chi connectivity index (χ0n) is 9.77. The molecule has 0 radical (unpaired) electrons. The van der Waals surface area contributed by atoms with Crippen molar-refractivity contribution < 1.29 is 8.95 Å². The van der Waals surface area contributed by atoms with Crippen LogP contribution in [0, 0.1) is 0 Å². The van der Waals surface area contributed by atoms with Crippen LogP contribution in [0.5, 0.6) is 0 Å². The average Bonchev–Trinajstić information content (AvgIpc) is 2.71. The number of nitrogens with two attached hydrogens (primary N) is 1. The highest BCUT2D eigenvalue weighted by molar-refractivity contribution is 7.84. The number of aromatic amines is 1. The van der Waals surface area contributed by atoms with Crippen molar-refractivity contribution in [3.63, 3.8) is 0 Å². The number of nitrogen functional groups attached to an aromatic ring is 1. The molecule has 0 saturated carbocycles. The van der Waals surface area contributed by atoms with Crippen molar-refractivity contribution in [1.29, 1.82) is 0 Å². The summed E-state index contributed by atoms with van der Waals surface area (Å²) in [6, 6.07) is 5.36. The minimum atomic E-state index is -1.19. The zero-order valence-corrected chi connectivity index (χ0v) is 10.6. The van der Waals surface area contributed by atoms with Crippen molar-refractivity contribution >= 4 is 27.5 Å². The maximum atomic E-state index is 12.0. The number of fused-ring (bicyclic) bond motifs is 1. The standard InChI is InChI=1S/C11H15N3O2S/c1-7(16-2)6-17(15)11-13-9-4-3-8(12)5-10(9)14-11/h3-5,7H,6,12H2,1-2H3,(H,13,14). The van der Waals surface area contributed by atoms with Crippen molar-refractivity contribution in [2.45, 2.75) is 18.2 Å². The predicted octanol–water partition coefficient (Wildman–Crippen LogP) is 1.29. The van der Waals surface area contributed by atoms with E-state index in [-0.39, 0.29) is 6.10 Å². The van der Waals surface area contributed by atoms with Crippen LogP contribution in [0.3, 0.4) is 0 Å². The first kappa shape index (κ1) is 12.1. The largest absolute Gasteiger partial charge is 0.399 e. The molecule has 2 unspecified atom stereocenters. The Morgan fingerprint density at radius 2 is 2.35 bits per heavy atom. The Kier molecular flexibility index (Phi) is 3.44. The topological polar surface area (TPSA) is 81.0 Å². The average molecular weight is 253 g/mol. The van der Waals surface area contributed by atoms with Gasteiger partial charge in [0.2, 0.25) is 0 Å². The molecule has 0 aliphatic heterocycles. The first-order valence-corrected chi connectivity index (χ1v) is 6.58. The van der Waals surface area contributed by atoms with Gasteiger partial charge in [0.25, 0.3) is 0 Å². The molecule has 1 heterocycles. The fourth-order valence-electron chi connectivity index (χ4n) is 1.47. The molecule has 0 bridgehead atoms. The molecule has 1 aromatic carbocycles. The number of imidazole rings is 1. The van der Waals surface area contributed by atoms with Crippen LogP contribution in [0.1, 0.15) is 6.92 Å². The number of anilines is 1. The van der Waals surface area contributed by atoms with Crippen LogP contribution in [-0.4, -0.2) is 33.1 Å². The Bertz CT molecular complexity index is 553. The predicted molar refractivity (Wildman–Crippen MR) is 68.3 cm³/mol. The smallest absolute Gasteiger partial charge is 0.197 e. The highest BCUT2D eigenvalue weighted by atomic mass is 32.2. The van der Waals surface area contributed by atoms with Gasteiger partial charge >= 0.3 is 0 Å². The Labute approximate surface area is 102 Å². The summed E-state index contributed by atoms with van der Waals surface area (Å²) in [6.45, 7) is 1.87. The van der Waals surface area contributed by atoms with Crippen molar-refractivity contribution in [1.82, 2.24) is 9.97 Å². The van der Waals surface area contributed by atoms with Crippen LogP contribution in [0.15, 0.2) is 23.4 Å². The molecule has 0 aliphatic rings. The molecule has 2 atom stereocenters. The molecule has 1 aromatic heterocycles. The number of benzene rings is 1. The summed E-state index contributed by atoms with van der Waals surface area (Å²) in [5.41, 5.74) is 7.90. The van der Waals surface area contributed by atoms with E-state index in [0.717, 1.165) is 11.0 Å². The SMILES string of the molecule is COC(C)CS(=O)c1nc2ccc(N)cc2[nH]1. The van der Waals surface area contributed by atoms with Gasteiger partial charge < -0.3 is 15.5 Å². The molecule has 2 aromatic rings. The summed E-state index contributed by atoms with van der Waals surface area (Å²) in [5.74, 6) is 0.422. The highest BCUT2D eigenvalue weighted by Gasteiger charge is 2.13. The monoisotopic (exact) mass is 253 g/mol. The first-order valence-electron chi connectivity index (χ1n) is 5.26. The summed E-state index contributed by atoms with van der Waals surface area (Å²) in [5, 5.41) is 0.467. The Balaban J connectivity index is 2.27. The quantitative estimate of drug-likeness (QED) is 0.804. The van der Waals surface area contributed by atoms with E-state index in [1.165, 1.54) is 0 Å². The van der Waals surface area contributed by atoms with E-state index in [4.69, 9.17) is 10.5 Å². The van der Waals surface area contributed by atoms with Gasteiger partial charge in [-0.3, -0.25) is 4.21 Å². The highest BCUT2D eigenvalue weighted by Crippen LogP contribution is 2.16. The molecule has 92 valence electrons. The number of nitrogens with one attached hydrogen (secondary N) is 1. The van der Waals surface area contributed by atoms with Crippen LogP contribution in [0.4, 0.5) is 5.69 Å². The number of hydrogen-bond donors (Lipinski definition) is 2. The minimum Gasteiger partial charge on any atom is -0.399 e. The molecular formula is C11H15N3O2S. The molecule has 2 rings (SSSR count). The van der Waals surface area contributed by atoms with Crippen LogP contribution in [0.25, 0.3) is 11.0 Å². The van der Waals surface area contributed by atoms with Gasteiger partial charge in [-0.1, -0.05) is 0 Å². The number of H-pyrrole nitrogens is 1. The Morgan fingerprint density at radius 1 is 1.59 bits per heavy atom. The number of aromatic nitrogens is 2. The van der Waals surface area contributed by atoms with Gasteiger partial charge in [0.15, 0.2) is 5.16 Å². The van der Waals surface area contributed by atoms with Crippen molar-refractivity contribution in [3.8, 4) is 0 Å². The molecule has 5 nitrogen and oxygen atoms in total. The third kappa shape index (κ3) is 2.65. The fourth-order valence-corrected chi connectivity index (χ4v) is 2.62. The fraction of sp³-hybridized carbons (Fsp3) is 0.364. The number of methoxy groups -OCH3 is 1. The normalized spacial score (nSPS) is 14.9. The van der Waals surface area contributed by atoms with Crippen LogP contribution in [-0.2, 0) is 15.5 Å². The first-order chi connectivity index (χ1) is 8.10. The van der Waals surface area contributed by atoms with E-state index in [0.29, 0.717) is 16.6 Å². The molecule has 0 saturated heterocycles. The van der Waals surface area contributed by atoms with E-state index in [1.807, 2.05) is 13.0 Å². The zero-order chi connectivity index (χ0) is 12.4. The minimum absolute atomic E-state index is 0.0610. The summed E-state index contributed by atoms with van der Waals surface area (Å²) in [7, 11) is 0.413. The van der Waals surface area contributed by atoms with Crippen molar-refractivity contribution in [2.75, 3.05) is 18.6 Å². The van der Waals surface area contributed by atoms with E-state index in [1.54, 1.807) is 19.2 Å². The summed E-state index contributed by atoms with van der Waals surface area (Å²) >= 11 is 0. The van der Waals surface area contributed by atoms with Gasteiger partial charge in [0, 0.05) is 12.8 Å². The van der Waals surface area contributed by atoms with Crippen molar-refractivity contribution in [3.05, 3.63) is 18.2 Å². The molecule has 3 N–H and O–H groups in total. The third-order valence-corrected chi connectivity index (χ3v) is 3.89. The van der Waals surface area contributed by atoms with E-state index in [9.17, 15) is 4.21 Å². The lowest BCUT2D eigenvalue weighted by Crippen LogP contribution is -2.16. The third-order valence-electron chi connectivity index (χ3n) is 2.49. The molecule has 0 amide bonds. The molecule has 0 aliphatic carbocycles. The van der Waals surface area contributed by atoms with E-state index >= 15 is 0 Å². The van der Waals surface area contributed by atoms with Gasteiger partial charge in [-0.2, -0.15) is 0 Å². The van der Waals surface area contributed by atoms with Crippen LogP contribution >= 0.6 is 0 Å². The van der Waals surface area contributed by atoms with Gasteiger partial charge in [-0.25, -0.2) is 4.98 Å². The second-order valence-electron chi connectivity index (χ2n) is 3.88. The molecule has 0 fully saturated rings. The second kappa shape index (κ2) is 4.85. The maximum Gasteiger partial charge on any atom is 0.197 e. The lowest BCUT2D eigenvalue weighted by molar-refractivity contribution is 0.137. The van der Waals surface area contributed by atoms with Crippen LogP contribution in [0.2, 0.25) is 0 Å². The summed E-state index contributed by atoms with van der Waals surface area (Å²) in [6.07, 6.45) is -0.0610. The Hall–Kier alpha value is -1.40. The molecule has 0 spiro atoms. The Morgan fingerprint density at radius 3 is 3.06 bits per heavy atom. The molecule has 6 heteroatoms. The van der Waals surface area contributed by atoms with E-state index < -0.39 is 10.8 Å². The van der Waals surface area contributed by atoms with E-state index in [2.05, 4.69) is 9.97 Å². The van der Waals surface area contributed by atoms with Gasteiger partial charge in [0.1, 0.15) is 0 Å². The van der Waals surface area contributed by atoms with Crippen LogP contribution < -0.4 is 5.73 Å². The number of ether oxygens (including phenoxy) is 1. The lowest BCUT2D eigenvalue weighted by Gasteiger charge is -2.06.